The number of ketones is 1. The first-order valence-electron chi connectivity index (χ1n) is 11.7. The van der Waals surface area contributed by atoms with Crippen molar-refractivity contribution in [3.63, 3.8) is 0 Å². The average Bonchev–Trinajstić information content (AvgIpc) is 3.30. The summed E-state index contributed by atoms with van der Waals surface area (Å²) in [6, 6.07) is 4.41. The summed E-state index contributed by atoms with van der Waals surface area (Å²) in [6.07, 6.45) is -1.04. The van der Waals surface area contributed by atoms with Crippen molar-refractivity contribution in [3.05, 3.63) is 57.9 Å². The first kappa shape index (κ1) is 25.0. The minimum absolute atomic E-state index is 0.168. The molecular weight excluding hydrogens is 463 g/mol. The number of ether oxygens (including phenoxy) is 2. The van der Waals surface area contributed by atoms with Crippen molar-refractivity contribution in [3.8, 4) is 0 Å². The smallest absolute Gasteiger partial charge is 0.416 e. The van der Waals surface area contributed by atoms with Gasteiger partial charge in [0.05, 0.1) is 18.2 Å². The highest BCUT2D eigenvalue weighted by atomic mass is 19.4. The molecule has 1 fully saturated rings. The third-order valence-corrected chi connectivity index (χ3v) is 7.11. The standard InChI is InChI=1S/C26H28F3NO5/c1-13-12-18-22(23(31)19(13)24(32)34-3)21(15-8-10-16(11-9-15)26(27,28)29)20(14(2)30-18)25(33)35-17-6-4-5-7-17/h8-11,13,17,19,21,30H,4-7,12H2,1-3H3/t13-,19+,21-/m1/s1. The molecule has 9 heteroatoms. The lowest BCUT2D eigenvalue weighted by Crippen LogP contribution is -2.43. The second-order valence-corrected chi connectivity index (χ2v) is 9.47. The summed E-state index contributed by atoms with van der Waals surface area (Å²) in [6.45, 7) is 3.45. The molecule has 1 saturated carbocycles. The summed E-state index contributed by atoms with van der Waals surface area (Å²) < 4.78 is 50.2. The molecule has 0 aromatic heterocycles. The van der Waals surface area contributed by atoms with E-state index < -0.39 is 41.3 Å². The van der Waals surface area contributed by atoms with Crippen LogP contribution in [0.1, 0.15) is 63.0 Å². The molecule has 2 aliphatic carbocycles. The number of alkyl halides is 3. The molecule has 1 aromatic rings. The quantitative estimate of drug-likeness (QED) is 0.481. The average molecular weight is 492 g/mol. The molecule has 6 nitrogen and oxygen atoms in total. The van der Waals surface area contributed by atoms with Crippen LogP contribution < -0.4 is 5.32 Å². The van der Waals surface area contributed by atoms with Crippen LogP contribution in [0, 0.1) is 11.8 Å². The molecule has 1 aliphatic heterocycles. The van der Waals surface area contributed by atoms with Gasteiger partial charge in [-0.15, -0.1) is 0 Å². The van der Waals surface area contributed by atoms with Gasteiger partial charge < -0.3 is 14.8 Å². The largest absolute Gasteiger partial charge is 0.468 e. The molecule has 3 aliphatic rings. The van der Waals surface area contributed by atoms with Crippen LogP contribution >= 0.6 is 0 Å². The number of carbonyl (C=O) groups is 3. The summed E-state index contributed by atoms with van der Waals surface area (Å²) >= 11 is 0. The van der Waals surface area contributed by atoms with Gasteiger partial charge in [-0.05, 0) is 62.6 Å². The maximum atomic E-state index is 13.6. The molecule has 0 spiro atoms. The Morgan fingerprint density at radius 1 is 1.09 bits per heavy atom. The minimum atomic E-state index is -4.53. The molecule has 1 heterocycles. The lowest BCUT2D eigenvalue weighted by atomic mass is 9.69. The highest BCUT2D eigenvalue weighted by Gasteiger charge is 2.47. The normalized spacial score (nSPS) is 25.3. The fourth-order valence-corrected chi connectivity index (χ4v) is 5.37. The van der Waals surface area contributed by atoms with Crippen LogP contribution in [0.25, 0.3) is 0 Å². The van der Waals surface area contributed by atoms with Crippen LogP contribution in [0.5, 0.6) is 0 Å². The number of nitrogens with one attached hydrogen (secondary N) is 1. The summed E-state index contributed by atoms with van der Waals surface area (Å²) in [4.78, 5) is 39.5. The number of halogens is 3. The Bertz CT molecular complexity index is 1100. The summed E-state index contributed by atoms with van der Waals surface area (Å²) in [5, 5.41) is 3.15. The lowest BCUT2D eigenvalue weighted by Gasteiger charge is -2.38. The van der Waals surface area contributed by atoms with Gasteiger partial charge in [0.15, 0.2) is 5.78 Å². The molecule has 0 saturated heterocycles. The van der Waals surface area contributed by atoms with Gasteiger partial charge in [-0.2, -0.15) is 13.2 Å². The Morgan fingerprint density at radius 2 is 1.71 bits per heavy atom. The van der Waals surface area contributed by atoms with E-state index in [-0.39, 0.29) is 23.2 Å². The van der Waals surface area contributed by atoms with Crippen LogP contribution in [0.2, 0.25) is 0 Å². The lowest BCUT2D eigenvalue weighted by molar-refractivity contribution is -0.151. The Balaban J connectivity index is 1.81. The van der Waals surface area contributed by atoms with E-state index in [1.165, 1.54) is 19.2 Å². The fraction of sp³-hybridized carbons (Fsp3) is 0.500. The van der Waals surface area contributed by atoms with Gasteiger partial charge in [0.25, 0.3) is 0 Å². The number of carbonyl (C=O) groups excluding carboxylic acids is 3. The number of hydrogen-bond acceptors (Lipinski definition) is 6. The molecule has 0 bridgehead atoms. The maximum absolute atomic E-state index is 13.6. The topological polar surface area (TPSA) is 81.7 Å². The Morgan fingerprint density at radius 3 is 2.29 bits per heavy atom. The molecule has 3 atom stereocenters. The van der Waals surface area contributed by atoms with Gasteiger partial charge in [0, 0.05) is 22.9 Å². The summed E-state index contributed by atoms with van der Waals surface area (Å²) in [5.74, 6) is -4.17. The van der Waals surface area contributed by atoms with Gasteiger partial charge in [0.2, 0.25) is 0 Å². The van der Waals surface area contributed by atoms with Gasteiger partial charge in [-0.25, -0.2) is 4.79 Å². The number of esters is 2. The van der Waals surface area contributed by atoms with E-state index in [0.717, 1.165) is 37.8 Å². The van der Waals surface area contributed by atoms with E-state index in [4.69, 9.17) is 9.47 Å². The van der Waals surface area contributed by atoms with E-state index in [2.05, 4.69) is 5.32 Å². The van der Waals surface area contributed by atoms with Crippen molar-refractivity contribution in [2.24, 2.45) is 11.8 Å². The van der Waals surface area contributed by atoms with E-state index in [0.29, 0.717) is 23.4 Å². The van der Waals surface area contributed by atoms with Crippen molar-refractivity contribution >= 4 is 17.7 Å². The van der Waals surface area contributed by atoms with Crippen molar-refractivity contribution in [2.75, 3.05) is 7.11 Å². The number of Topliss-reactive ketones (excluding diaryl/α,β-unsaturated/α-hetero) is 1. The molecule has 35 heavy (non-hydrogen) atoms. The zero-order valence-corrected chi connectivity index (χ0v) is 19.8. The van der Waals surface area contributed by atoms with Crippen molar-refractivity contribution < 1.29 is 37.0 Å². The third-order valence-electron chi connectivity index (χ3n) is 7.11. The van der Waals surface area contributed by atoms with Gasteiger partial charge in [-0.1, -0.05) is 19.1 Å². The van der Waals surface area contributed by atoms with Gasteiger partial charge in [0.1, 0.15) is 12.0 Å². The Labute approximate surface area is 201 Å². The Hall–Kier alpha value is -3.10. The number of allylic oxidation sites excluding steroid dienone is 3. The fourth-order valence-electron chi connectivity index (χ4n) is 5.37. The molecule has 1 aromatic carbocycles. The minimum Gasteiger partial charge on any atom is -0.468 e. The molecule has 188 valence electrons. The zero-order chi connectivity index (χ0) is 25.5. The monoisotopic (exact) mass is 491 g/mol. The first-order valence-corrected chi connectivity index (χ1v) is 11.7. The van der Waals surface area contributed by atoms with E-state index in [9.17, 15) is 27.6 Å². The van der Waals surface area contributed by atoms with Crippen molar-refractivity contribution in [2.45, 2.75) is 64.1 Å². The van der Waals surface area contributed by atoms with Gasteiger partial charge >= 0.3 is 18.1 Å². The summed E-state index contributed by atoms with van der Waals surface area (Å²) in [7, 11) is 1.20. The molecule has 1 N–H and O–H groups in total. The number of methoxy groups -OCH3 is 1. The SMILES string of the molecule is COC(=O)[C@@H]1C(=O)C2=C(C[C@H]1C)NC(C)=C(C(=O)OC1CCCC1)[C@H]2c1ccc(C(F)(F)F)cc1. The summed E-state index contributed by atoms with van der Waals surface area (Å²) in [5.41, 5.74) is 0.909. The molecule has 0 amide bonds. The predicted molar refractivity (Wildman–Crippen MR) is 120 cm³/mol. The van der Waals surface area contributed by atoms with E-state index in [1.54, 1.807) is 13.8 Å². The number of rotatable bonds is 4. The van der Waals surface area contributed by atoms with Crippen LogP contribution in [-0.4, -0.2) is 30.9 Å². The van der Waals surface area contributed by atoms with Crippen LogP contribution in [0.15, 0.2) is 46.8 Å². The Kier molecular flexibility index (Phi) is 6.79. The number of dihydropyridines is 1. The third kappa shape index (κ3) is 4.73. The first-order chi connectivity index (χ1) is 16.5. The molecule has 4 rings (SSSR count). The molecule has 0 radical (unpaired) electrons. The predicted octanol–water partition coefficient (Wildman–Crippen LogP) is 4.80. The van der Waals surface area contributed by atoms with E-state index >= 15 is 0 Å². The van der Waals surface area contributed by atoms with Crippen molar-refractivity contribution in [1.82, 2.24) is 5.32 Å². The highest BCUT2D eigenvalue weighted by molar-refractivity contribution is 6.12. The van der Waals surface area contributed by atoms with Crippen LogP contribution in [-0.2, 0) is 30.0 Å². The second-order valence-electron chi connectivity index (χ2n) is 9.47. The van der Waals surface area contributed by atoms with Crippen LogP contribution in [0.4, 0.5) is 13.2 Å². The van der Waals surface area contributed by atoms with Crippen molar-refractivity contribution in [1.29, 1.82) is 0 Å². The zero-order valence-electron chi connectivity index (χ0n) is 19.8. The second kappa shape index (κ2) is 9.51. The molecule has 0 unspecified atom stereocenters. The number of benzene rings is 1. The van der Waals surface area contributed by atoms with Crippen LogP contribution in [0.3, 0.4) is 0 Å². The molecular formula is C26H28F3NO5. The maximum Gasteiger partial charge on any atom is 0.416 e. The highest BCUT2D eigenvalue weighted by Crippen LogP contribution is 2.46. The van der Waals surface area contributed by atoms with Gasteiger partial charge in [-0.3, -0.25) is 9.59 Å². The van der Waals surface area contributed by atoms with E-state index in [1.807, 2.05) is 0 Å². The number of hydrogen-bond donors (Lipinski definition) is 1.